The molecular formula is C15H26N4O. The van der Waals surface area contributed by atoms with E-state index in [0.717, 1.165) is 37.6 Å². The van der Waals surface area contributed by atoms with Gasteiger partial charge < -0.3 is 15.2 Å². The van der Waals surface area contributed by atoms with E-state index >= 15 is 0 Å². The van der Waals surface area contributed by atoms with Crippen LogP contribution in [-0.2, 0) is 0 Å². The molecule has 1 unspecified atom stereocenters. The molecule has 1 fully saturated rings. The van der Waals surface area contributed by atoms with Gasteiger partial charge in [0, 0.05) is 37.2 Å². The first-order valence-electron chi connectivity index (χ1n) is 7.58. The van der Waals surface area contributed by atoms with Crippen LogP contribution in [0.5, 0.6) is 0 Å². The van der Waals surface area contributed by atoms with Crippen molar-refractivity contribution in [2.24, 2.45) is 0 Å². The highest BCUT2D eigenvalue weighted by molar-refractivity contribution is 5.40. The number of H-pyrrole nitrogens is 1. The minimum Gasteiger partial charge on any atom is -0.352 e. The van der Waals surface area contributed by atoms with Crippen LogP contribution < -0.4 is 15.8 Å². The fourth-order valence-electron chi connectivity index (χ4n) is 2.61. The summed E-state index contributed by atoms with van der Waals surface area (Å²) < 4.78 is 0. The lowest BCUT2D eigenvalue weighted by molar-refractivity contribution is 0.521. The zero-order chi connectivity index (χ0) is 14.7. The second kappa shape index (κ2) is 6.39. The minimum absolute atomic E-state index is 0.0545. The maximum absolute atomic E-state index is 11.8. The van der Waals surface area contributed by atoms with E-state index in [9.17, 15) is 4.79 Å². The smallest absolute Gasteiger partial charge is 0.252 e. The van der Waals surface area contributed by atoms with Gasteiger partial charge in [-0.1, -0.05) is 27.7 Å². The molecule has 5 heteroatoms. The van der Waals surface area contributed by atoms with Gasteiger partial charge in [-0.2, -0.15) is 0 Å². The van der Waals surface area contributed by atoms with E-state index in [2.05, 4.69) is 34.0 Å². The van der Waals surface area contributed by atoms with Gasteiger partial charge in [-0.3, -0.25) is 4.79 Å². The first kappa shape index (κ1) is 15.0. The minimum atomic E-state index is -0.0545. The zero-order valence-corrected chi connectivity index (χ0v) is 12.9. The molecule has 112 valence electrons. The first-order valence-corrected chi connectivity index (χ1v) is 7.58. The predicted octanol–water partition coefficient (Wildman–Crippen LogP) is 1.86. The van der Waals surface area contributed by atoms with Gasteiger partial charge >= 0.3 is 0 Å². The summed E-state index contributed by atoms with van der Waals surface area (Å²) in [6.45, 7) is 10.3. The lowest BCUT2D eigenvalue weighted by Crippen LogP contribution is -2.41. The van der Waals surface area contributed by atoms with Crippen molar-refractivity contribution in [1.29, 1.82) is 0 Å². The molecule has 2 heterocycles. The second-order valence-corrected chi connectivity index (χ2v) is 6.20. The van der Waals surface area contributed by atoms with Crippen molar-refractivity contribution in [3.8, 4) is 0 Å². The summed E-state index contributed by atoms with van der Waals surface area (Å²) in [7, 11) is 0. The van der Waals surface area contributed by atoms with Gasteiger partial charge in [0.15, 0.2) is 0 Å². The topological polar surface area (TPSA) is 61.0 Å². The maximum Gasteiger partial charge on any atom is 0.252 e. The Kier molecular flexibility index (Phi) is 4.81. The number of nitrogens with zero attached hydrogens (tertiary/aromatic N) is 2. The Labute approximate surface area is 120 Å². The zero-order valence-electron chi connectivity index (χ0n) is 12.9. The van der Waals surface area contributed by atoms with Crippen molar-refractivity contribution >= 4 is 5.82 Å². The Morgan fingerprint density at radius 1 is 1.45 bits per heavy atom. The normalized spacial score (nSPS) is 19.3. The highest BCUT2D eigenvalue weighted by Gasteiger charge is 2.26. The highest BCUT2D eigenvalue weighted by atomic mass is 16.1. The van der Waals surface area contributed by atoms with E-state index in [1.807, 2.05) is 13.8 Å². The van der Waals surface area contributed by atoms with Crippen molar-refractivity contribution in [3.63, 3.8) is 0 Å². The molecule has 1 aromatic rings. The lowest BCUT2D eigenvalue weighted by atomic mass is 10.2. The van der Waals surface area contributed by atoms with E-state index in [-0.39, 0.29) is 11.5 Å². The molecule has 1 aliphatic rings. The Balaban J connectivity index is 2.19. The van der Waals surface area contributed by atoms with Crippen LogP contribution in [0.15, 0.2) is 10.9 Å². The van der Waals surface area contributed by atoms with Crippen LogP contribution in [0.25, 0.3) is 0 Å². The van der Waals surface area contributed by atoms with Gasteiger partial charge in [0.25, 0.3) is 5.56 Å². The highest BCUT2D eigenvalue weighted by Crippen LogP contribution is 2.23. The van der Waals surface area contributed by atoms with E-state index in [0.29, 0.717) is 12.1 Å². The molecular weight excluding hydrogens is 252 g/mol. The predicted molar refractivity (Wildman–Crippen MR) is 82.5 cm³/mol. The summed E-state index contributed by atoms with van der Waals surface area (Å²) in [5, 5.41) is 3.48. The molecule has 0 aromatic carbocycles. The number of hydrogen-bond acceptors (Lipinski definition) is 4. The molecule has 1 saturated heterocycles. The monoisotopic (exact) mass is 278 g/mol. The van der Waals surface area contributed by atoms with E-state index in [1.54, 1.807) is 6.07 Å². The second-order valence-electron chi connectivity index (χ2n) is 6.20. The summed E-state index contributed by atoms with van der Waals surface area (Å²) in [5.74, 6) is 1.83. The van der Waals surface area contributed by atoms with Crippen LogP contribution in [0, 0.1) is 0 Å². The number of nitrogens with one attached hydrogen (secondary N) is 2. The number of aromatic amines is 1. The quantitative estimate of drug-likeness (QED) is 0.863. The van der Waals surface area contributed by atoms with Crippen LogP contribution in [-0.4, -0.2) is 35.1 Å². The van der Waals surface area contributed by atoms with Gasteiger partial charge in [-0.25, -0.2) is 4.98 Å². The van der Waals surface area contributed by atoms with Crippen molar-refractivity contribution in [2.45, 2.75) is 58.5 Å². The number of aromatic nitrogens is 2. The van der Waals surface area contributed by atoms with Crippen LogP contribution >= 0.6 is 0 Å². The fraction of sp³-hybridized carbons (Fsp3) is 0.733. The number of rotatable bonds is 5. The molecule has 5 nitrogen and oxygen atoms in total. The Bertz CT molecular complexity index is 495. The van der Waals surface area contributed by atoms with Crippen molar-refractivity contribution in [1.82, 2.24) is 15.3 Å². The third-order valence-corrected chi connectivity index (χ3v) is 3.73. The fourth-order valence-corrected chi connectivity index (χ4v) is 2.61. The molecule has 0 saturated carbocycles. The third-order valence-electron chi connectivity index (χ3n) is 3.73. The number of anilines is 1. The van der Waals surface area contributed by atoms with E-state index in [4.69, 9.17) is 0 Å². The van der Waals surface area contributed by atoms with E-state index in [1.165, 1.54) is 0 Å². The van der Waals surface area contributed by atoms with Gasteiger partial charge in [0.2, 0.25) is 0 Å². The average Bonchev–Trinajstić information content (AvgIpc) is 2.83. The summed E-state index contributed by atoms with van der Waals surface area (Å²) in [5.41, 5.74) is -0.0545. The van der Waals surface area contributed by atoms with Crippen LogP contribution in [0.4, 0.5) is 5.82 Å². The standard InChI is InChI=1S/C15H26N4O/c1-10(2)15-17-13(8-14(20)18-15)19-7-5-6-12(19)9-16-11(3)4/h8,10-12,16H,5-7,9H2,1-4H3,(H,17,18,20). The summed E-state index contributed by atoms with van der Waals surface area (Å²) in [6.07, 6.45) is 2.32. The summed E-state index contributed by atoms with van der Waals surface area (Å²) >= 11 is 0. The number of hydrogen-bond donors (Lipinski definition) is 2. The van der Waals surface area contributed by atoms with Crippen molar-refractivity contribution < 1.29 is 0 Å². The first-order chi connectivity index (χ1) is 9.47. The Morgan fingerprint density at radius 2 is 2.20 bits per heavy atom. The van der Waals surface area contributed by atoms with Gasteiger partial charge in [-0.05, 0) is 12.8 Å². The van der Waals surface area contributed by atoms with Gasteiger partial charge in [0.1, 0.15) is 11.6 Å². The summed E-state index contributed by atoms with van der Waals surface area (Å²) in [4.78, 5) is 21.5. The third kappa shape index (κ3) is 3.60. The van der Waals surface area contributed by atoms with Gasteiger partial charge in [-0.15, -0.1) is 0 Å². The van der Waals surface area contributed by atoms with Crippen LogP contribution in [0.1, 0.15) is 52.3 Å². The van der Waals surface area contributed by atoms with Crippen molar-refractivity contribution in [3.05, 3.63) is 22.2 Å². The van der Waals surface area contributed by atoms with Crippen molar-refractivity contribution in [2.75, 3.05) is 18.0 Å². The molecule has 1 aromatic heterocycles. The molecule has 20 heavy (non-hydrogen) atoms. The molecule has 0 radical (unpaired) electrons. The molecule has 1 atom stereocenters. The Morgan fingerprint density at radius 3 is 2.85 bits per heavy atom. The van der Waals surface area contributed by atoms with Gasteiger partial charge in [0.05, 0.1) is 0 Å². The average molecular weight is 278 g/mol. The molecule has 2 rings (SSSR count). The molecule has 0 amide bonds. The molecule has 0 spiro atoms. The van der Waals surface area contributed by atoms with Crippen LogP contribution in [0.3, 0.4) is 0 Å². The maximum atomic E-state index is 11.8. The molecule has 2 N–H and O–H groups in total. The lowest BCUT2D eigenvalue weighted by Gasteiger charge is -2.27. The molecule has 0 aliphatic carbocycles. The molecule has 0 bridgehead atoms. The van der Waals surface area contributed by atoms with E-state index < -0.39 is 0 Å². The molecule has 1 aliphatic heterocycles. The SMILES string of the molecule is CC(C)NCC1CCCN1c1cc(=O)[nH]c(C(C)C)n1. The summed E-state index contributed by atoms with van der Waals surface area (Å²) in [6, 6.07) is 2.54. The Hall–Kier alpha value is -1.36. The van der Waals surface area contributed by atoms with Crippen LogP contribution in [0.2, 0.25) is 0 Å². The largest absolute Gasteiger partial charge is 0.352 e.